The molecule has 0 fully saturated rings. The number of rotatable bonds is 7. The number of nitrogens with zero attached hydrogens (tertiary/aromatic N) is 5. The fourth-order valence-corrected chi connectivity index (χ4v) is 4.05. The Morgan fingerprint density at radius 2 is 1.93 bits per heavy atom. The van der Waals surface area contributed by atoms with Crippen molar-refractivity contribution in [3.05, 3.63) is 41.7 Å². The maximum Gasteiger partial charge on any atom is 0.280 e. The molecule has 0 atom stereocenters. The summed E-state index contributed by atoms with van der Waals surface area (Å²) in [4.78, 5) is 21.9. The molecule has 0 bridgehead atoms. The van der Waals surface area contributed by atoms with Crippen LogP contribution in [0.15, 0.2) is 30.3 Å². The van der Waals surface area contributed by atoms with Crippen molar-refractivity contribution in [1.82, 2.24) is 19.7 Å². The number of carbonyl (C=O) groups is 1. The van der Waals surface area contributed by atoms with Gasteiger partial charge in [0, 0.05) is 18.3 Å². The van der Waals surface area contributed by atoms with Crippen LogP contribution >= 0.6 is 23.7 Å². The Kier molecular flexibility index (Phi) is 7.57. The molecule has 0 aliphatic heterocycles. The molecule has 3 rings (SSSR count). The third kappa shape index (κ3) is 4.90. The summed E-state index contributed by atoms with van der Waals surface area (Å²) < 4.78 is 2.98. The van der Waals surface area contributed by atoms with E-state index >= 15 is 0 Å². The average Bonchev–Trinajstić information content (AvgIpc) is 3.21. The largest absolute Gasteiger partial charge is 0.309 e. The van der Waals surface area contributed by atoms with Crippen molar-refractivity contribution in [2.75, 3.05) is 32.1 Å². The van der Waals surface area contributed by atoms with Gasteiger partial charge in [0.25, 0.3) is 5.91 Å². The number of carbonyl (C=O) groups excluding carboxylic acids is 1. The number of halogens is 1. The summed E-state index contributed by atoms with van der Waals surface area (Å²) in [5.41, 5.74) is 2.39. The number of hydrogen-bond donors (Lipinski definition) is 0. The lowest BCUT2D eigenvalue weighted by atomic mass is 10.3. The summed E-state index contributed by atoms with van der Waals surface area (Å²) in [7, 11) is 4.08. The summed E-state index contributed by atoms with van der Waals surface area (Å²) in [6, 6.07) is 10.1. The van der Waals surface area contributed by atoms with E-state index < -0.39 is 0 Å². The number of hydrogen-bond acceptors (Lipinski definition) is 5. The van der Waals surface area contributed by atoms with Crippen molar-refractivity contribution in [3.63, 3.8) is 0 Å². The second kappa shape index (κ2) is 9.49. The first-order chi connectivity index (χ1) is 12.9. The van der Waals surface area contributed by atoms with Crippen LogP contribution in [0.25, 0.3) is 10.2 Å². The standard InChI is InChI=1S/C20H27N5OS.ClH/c1-14(2)25-15(3)13-17(22-25)19(26)24(12-8-11-23(4)5)20-21-16-9-6-7-10-18(16)27-20;/h6-7,9-10,13-14H,8,11-12H2,1-5H3;1H. The number of aromatic nitrogens is 3. The maximum atomic E-state index is 13.3. The second-order valence-corrected chi connectivity index (χ2v) is 8.30. The smallest absolute Gasteiger partial charge is 0.280 e. The van der Waals surface area contributed by atoms with Crippen LogP contribution in [0, 0.1) is 6.92 Å². The zero-order valence-electron chi connectivity index (χ0n) is 17.0. The summed E-state index contributed by atoms with van der Waals surface area (Å²) in [5, 5.41) is 5.28. The fraction of sp³-hybridized carbons (Fsp3) is 0.450. The molecule has 0 saturated carbocycles. The summed E-state index contributed by atoms with van der Waals surface area (Å²) in [6.07, 6.45) is 0.874. The molecule has 1 amide bonds. The zero-order chi connectivity index (χ0) is 19.6. The van der Waals surface area contributed by atoms with E-state index in [9.17, 15) is 4.79 Å². The first kappa shape index (κ1) is 22.3. The van der Waals surface area contributed by atoms with Crippen molar-refractivity contribution < 1.29 is 4.79 Å². The minimum Gasteiger partial charge on any atom is -0.309 e. The topological polar surface area (TPSA) is 54.3 Å². The molecule has 0 unspecified atom stereocenters. The fourth-order valence-electron chi connectivity index (χ4n) is 3.06. The molecule has 28 heavy (non-hydrogen) atoms. The molecule has 2 aromatic heterocycles. The Labute approximate surface area is 176 Å². The van der Waals surface area contributed by atoms with Gasteiger partial charge in [-0.2, -0.15) is 5.10 Å². The van der Waals surface area contributed by atoms with E-state index in [0.29, 0.717) is 12.2 Å². The highest BCUT2D eigenvalue weighted by atomic mass is 35.5. The van der Waals surface area contributed by atoms with Gasteiger partial charge >= 0.3 is 0 Å². The van der Waals surface area contributed by atoms with Gasteiger partial charge in [0.2, 0.25) is 0 Å². The first-order valence-corrected chi connectivity index (χ1v) is 10.1. The van der Waals surface area contributed by atoms with Crippen LogP contribution < -0.4 is 4.90 Å². The molecule has 152 valence electrons. The van der Waals surface area contributed by atoms with Gasteiger partial charge < -0.3 is 4.90 Å². The van der Waals surface area contributed by atoms with Gasteiger partial charge in [-0.3, -0.25) is 14.4 Å². The number of benzene rings is 1. The Bertz CT molecular complexity index is 901. The number of amides is 1. The van der Waals surface area contributed by atoms with Crippen LogP contribution in [0.5, 0.6) is 0 Å². The van der Waals surface area contributed by atoms with Crippen LogP contribution in [0.4, 0.5) is 5.13 Å². The minimum absolute atomic E-state index is 0. The maximum absolute atomic E-state index is 13.3. The highest BCUT2D eigenvalue weighted by Gasteiger charge is 2.24. The van der Waals surface area contributed by atoms with E-state index in [1.807, 2.05) is 56.0 Å². The zero-order valence-corrected chi connectivity index (χ0v) is 18.7. The average molecular weight is 422 g/mol. The van der Waals surface area contributed by atoms with E-state index in [1.54, 1.807) is 16.2 Å². The van der Waals surface area contributed by atoms with Crippen molar-refractivity contribution in [2.24, 2.45) is 0 Å². The van der Waals surface area contributed by atoms with Gasteiger partial charge in [0.1, 0.15) is 0 Å². The van der Waals surface area contributed by atoms with Crippen molar-refractivity contribution in [2.45, 2.75) is 33.2 Å². The molecule has 0 saturated heterocycles. The van der Waals surface area contributed by atoms with E-state index in [2.05, 4.69) is 23.8 Å². The molecule has 6 nitrogen and oxygen atoms in total. The Morgan fingerprint density at radius 3 is 2.54 bits per heavy atom. The van der Waals surface area contributed by atoms with Crippen LogP contribution in [0.2, 0.25) is 0 Å². The van der Waals surface area contributed by atoms with E-state index in [0.717, 1.165) is 34.0 Å². The third-order valence-electron chi connectivity index (χ3n) is 4.38. The monoisotopic (exact) mass is 421 g/mol. The quantitative estimate of drug-likeness (QED) is 0.567. The number of para-hydroxylation sites is 1. The van der Waals surface area contributed by atoms with Gasteiger partial charge in [-0.15, -0.1) is 12.4 Å². The Balaban J connectivity index is 0.00000280. The molecular weight excluding hydrogens is 394 g/mol. The van der Waals surface area contributed by atoms with Gasteiger partial charge in [0.15, 0.2) is 10.8 Å². The van der Waals surface area contributed by atoms with Crippen molar-refractivity contribution >= 4 is 45.0 Å². The summed E-state index contributed by atoms with van der Waals surface area (Å²) in [6.45, 7) is 7.64. The number of thiazole rings is 1. The van der Waals surface area contributed by atoms with Crippen molar-refractivity contribution in [1.29, 1.82) is 0 Å². The molecule has 3 aromatic rings. The lowest BCUT2D eigenvalue weighted by Crippen LogP contribution is -2.33. The minimum atomic E-state index is -0.0877. The van der Waals surface area contributed by atoms with Gasteiger partial charge in [-0.05, 0) is 66.0 Å². The van der Waals surface area contributed by atoms with Gasteiger partial charge in [0.05, 0.1) is 10.2 Å². The molecule has 2 heterocycles. The molecule has 0 spiro atoms. The van der Waals surface area contributed by atoms with Gasteiger partial charge in [-0.25, -0.2) is 4.98 Å². The summed E-state index contributed by atoms with van der Waals surface area (Å²) in [5.74, 6) is -0.0877. The van der Waals surface area contributed by atoms with E-state index in [4.69, 9.17) is 4.98 Å². The summed E-state index contributed by atoms with van der Waals surface area (Å²) >= 11 is 1.55. The van der Waals surface area contributed by atoms with Gasteiger partial charge in [-0.1, -0.05) is 23.5 Å². The third-order valence-corrected chi connectivity index (χ3v) is 5.44. The van der Waals surface area contributed by atoms with Crippen molar-refractivity contribution in [3.8, 4) is 0 Å². The Morgan fingerprint density at radius 1 is 1.21 bits per heavy atom. The van der Waals surface area contributed by atoms with E-state index in [1.165, 1.54) is 0 Å². The van der Waals surface area contributed by atoms with Crippen LogP contribution in [0.3, 0.4) is 0 Å². The molecule has 0 aliphatic carbocycles. The number of anilines is 1. The number of fused-ring (bicyclic) bond motifs is 1. The normalized spacial score (nSPS) is 11.2. The molecule has 0 aliphatic rings. The van der Waals surface area contributed by atoms with Crippen LogP contribution in [0.1, 0.15) is 42.5 Å². The SMILES string of the molecule is Cc1cc(C(=O)N(CCCN(C)C)c2nc3ccccc3s2)nn1C(C)C.Cl. The molecule has 0 N–H and O–H groups in total. The molecule has 0 radical (unpaired) electrons. The van der Waals surface area contributed by atoms with Crippen LogP contribution in [-0.4, -0.2) is 52.8 Å². The molecular formula is C20H28ClN5OS. The highest BCUT2D eigenvalue weighted by Crippen LogP contribution is 2.29. The molecule has 1 aromatic carbocycles. The van der Waals surface area contributed by atoms with E-state index in [-0.39, 0.29) is 24.4 Å². The predicted octanol–water partition coefficient (Wildman–Crippen LogP) is 4.40. The molecule has 8 heteroatoms. The predicted molar refractivity (Wildman–Crippen MR) is 119 cm³/mol. The van der Waals surface area contributed by atoms with Crippen LogP contribution in [-0.2, 0) is 0 Å². The Hall–Kier alpha value is -1.96. The number of aryl methyl sites for hydroxylation is 1. The first-order valence-electron chi connectivity index (χ1n) is 9.25. The highest BCUT2D eigenvalue weighted by molar-refractivity contribution is 7.22. The second-order valence-electron chi connectivity index (χ2n) is 7.29. The lowest BCUT2D eigenvalue weighted by molar-refractivity contribution is 0.0980. The lowest BCUT2D eigenvalue weighted by Gasteiger charge is -2.20.